The molecular formula is H2Al2O3Ti. The Hall–Kier alpha value is 1.18. The topological polar surface area (TPSA) is 51.2 Å². The van der Waals surface area contributed by atoms with Crippen LogP contribution in [0.2, 0.25) is 0 Å². The Morgan fingerprint density at radius 1 is 0.833 bits per heavy atom. The van der Waals surface area contributed by atoms with Crippen molar-refractivity contribution in [3.8, 4) is 0 Å². The van der Waals surface area contributed by atoms with Gasteiger partial charge in [-0.3, -0.25) is 0 Å². The Morgan fingerprint density at radius 3 is 0.833 bits per heavy atom. The van der Waals surface area contributed by atoms with Gasteiger partial charge in [0.25, 0.3) is 0 Å². The van der Waals surface area contributed by atoms with Gasteiger partial charge in [-0.15, -0.1) is 0 Å². The van der Waals surface area contributed by atoms with E-state index in [2.05, 4.69) is 0 Å². The van der Waals surface area contributed by atoms with Crippen molar-refractivity contribution in [3.63, 3.8) is 0 Å². The fourth-order valence-electron chi connectivity index (χ4n) is 0. The summed E-state index contributed by atoms with van der Waals surface area (Å²) in [5.74, 6) is 0. The van der Waals surface area contributed by atoms with E-state index in [1.165, 1.54) is 0 Å². The van der Waals surface area contributed by atoms with Crippen LogP contribution in [0.5, 0.6) is 0 Å². The molecular weight excluding hydrogens is 150 g/mol. The Kier molecular flexibility index (Phi) is 312. The predicted molar refractivity (Wildman–Crippen MR) is 16.4 cm³/mol. The van der Waals surface area contributed by atoms with Gasteiger partial charge in [-0.05, 0) is 0 Å². The molecule has 0 saturated heterocycles. The van der Waals surface area contributed by atoms with Gasteiger partial charge in [-0.1, -0.05) is 0 Å². The van der Waals surface area contributed by atoms with Gasteiger partial charge in [0.15, 0.2) is 0 Å². The van der Waals surface area contributed by atoms with Crippen molar-refractivity contribution in [2.45, 2.75) is 0 Å². The van der Waals surface area contributed by atoms with E-state index in [-0.39, 0.29) is 0 Å². The molecule has 6 heavy (non-hydrogen) atoms. The van der Waals surface area contributed by atoms with Gasteiger partial charge in [0, 0.05) is 0 Å². The summed E-state index contributed by atoms with van der Waals surface area (Å²) in [5.41, 5.74) is 0. The fraction of sp³-hybridized carbons (Fsp3) is 0. The van der Waals surface area contributed by atoms with Crippen molar-refractivity contribution < 1.29 is 31.3 Å². The number of hydrogen-bond donors (Lipinski definition) is 0. The van der Waals surface area contributed by atoms with Gasteiger partial charge < -0.3 is 0 Å². The molecule has 0 saturated carbocycles. The summed E-state index contributed by atoms with van der Waals surface area (Å²) in [5, 5.41) is 0. The first-order chi connectivity index (χ1) is 3.00. The maximum atomic E-state index is 8.28. The molecule has 0 radical (unpaired) electrons. The van der Waals surface area contributed by atoms with Crippen LogP contribution in [0.1, 0.15) is 0 Å². The first-order valence-electron chi connectivity index (χ1n) is 0.781. The molecule has 30 valence electrons. The Balaban J connectivity index is -0.0000000225. The van der Waals surface area contributed by atoms with E-state index < -0.39 is 0 Å². The molecule has 0 rings (SSSR count). The van der Waals surface area contributed by atoms with Crippen molar-refractivity contribution in [1.82, 2.24) is 0 Å². The standard InChI is InChI=1S/2Al.3O.Ti.2H. The van der Waals surface area contributed by atoms with Crippen LogP contribution in [-0.2, 0) is 31.3 Å². The van der Waals surface area contributed by atoms with Crippen molar-refractivity contribution in [2.75, 3.05) is 0 Å². The molecule has 0 amide bonds. The quantitative estimate of drug-likeness (QED) is 0.390. The van der Waals surface area contributed by atoms with E-state index in [9.17, 15) is 0 Å². The fourth-order valence-corrected chi connectivity index (χ4v) is 0. The van der Waals surface area contributed by atoms with Crippen molar-refractivity contribution in [1.29, 1.82) is 0 Å². The zero-order valence-electron chi connectivity index (χ0n) is 3.14. The first kappa shape index (κ1) is 15.7. The summed E-state index contributed by atoms with van der Waals surface area (Å²) < 4.78 is 24.8. The van der Waals surface area contributed by atoms with Crippen LogP contribution in [0.4, 0.5) is 0 Å². The van der Waals surface area contributed by atoms with Gasteiger partial charge in [0.1, 0.15) is 0 Å². The summed E-state index contributed by atoms with van der Waals surface area (Å²) in [7, 11) is 0. The summed E-state index contributed by atoms with van der Waals surface area (Å²) in [6.45, 7) is 0. The molecule has 0 aromatic carbocycles. The molecule has 6 heteroatoms. The molecule has 0 spiro atoms. The third kappa shape index (κ3) is 65.1. The molecule has 0 aliphatic rings. The maximum absolute atomic E-state index is 8.28. The summed E-state index contributed by atoms with van der Waals surface area (Å²) in [4.78, 5) is 0. The molecule has 0 heterocycles. The second kappa shape index (κ2) is 119. The van der Waals surface area contributed by atoms with E-state index in [1.54, 1.807) is 0 Å². The Bertz CT molecular complexity index is 13.5. The molecule has 0 N–H and O–H groups in total. The second-order valence-corrected chi connectivity index (χ2v) is 0. The average molecular weight is 152 g/mol. The number of hydrogen-bond acceptors (Lipinski definition) is 3. The van der Waals surface area contributed by atoms with Gasteiger partial charge >= 0.3 is 63.8 Å². The molecule has 0 fully saturated rings. The SMILES string of the molecule is [O]=[AlH].[O]=[AlH].[O]=[Ti]. The van der Waals surface area contributed by atoms with Crippen molar-refractivity contribution in [3.05, 3.63) is 0 Å². The van der Waals surface area contributed by atoms with Crippen LogP contribution in [0.25, 0.3) is 0 Å². The van der Waals surface area contributed by atoms with E-state index >= 15 is 0 Å². The molecule has 3 nitrogen and oxygen atoms in total. The van der Waals surface area contributed by atoms with Crippen molar-refractivity contribution >= 4 is 32.4 Å². The van der Waals surface area contributed by atoms with Gasteiger partial charge in [0.2, 0.25) is 0 Å². The minimum absolute atomic E-state index is 0.611. The van der Waals surface area contributed by atoms with Gasteiger partial charge in [-0.25, -0.2) is 0 Å². The van der Waals surface area contributed by atoms with Crippen LogP contribution in [0, 0.1) is 0 Å². The van der Waals surface area contributed by atoms with E-state index in [4.69, 9.17) is 10.9 Å². The van der Waals surface area contributed by atoms with Crippen LogP contribution in [0.15, 0.2) is 0 Å². The Morgan fingerprint density at radius 2 is 0.833 bits per heavy atom. The van der Waals surface area contributed by atoms with Crippen molar-refractivity contribution in [2.24, 2.45) is 0 Å². The minimum atomic E-state index is 0.611. The monoisotopic (exact) mass is 152 g/mol. The summed E-state index contributed by atoms with van der Waals surface area (Å²) >= 11 is 1.97. The molecule has 0 bridgehead atoms. The summed E-state index contributed by atoms with van der Waals surface area (Å²) in [6, 6.07) is 0. The molecule has 0 aliphatic carbocycles. The van der Waals surface area contributed by atoms with Gasteiger partial charge in [-0.2, -0.15) is 0 Å². The molecule has 0 aliphatic heterocycles. The van der Waals surface area contributed by atoms with Crippen LogP contribution >= 0.6 is 0 Å². The summed E-state index contributed by atoms with van der Waals surface area (Å²) in [6.07, 6.45) is 0. The van der Waals surface area contributed by atoms with Gasteiger partial charge in [0.05, 0.1) is 0 Å². The zero-order chi connectivity index (χ0) is 6.00. The van der Waals surface area contributed by atoms with Crippen LogP contribution in [0.3, 0.4) is 0 Å². The molecule has 0 aromatic heterocycles. The van der Waals surface area contributed by atoms with E-state index in [0.29, 0.717) is 32.4 Å². The van der Waals surface area contributed by atoms with Crippen LogP contribution < -0.4 is 0 Å². The third-order valence-corrected chi connectivity index (χ3v) is 0. The van der Waals surface area contributed by atoms with E-state index in [0.717, 1.165) is 20.4 Å². The molecule has 0 aromatic rings. The van der Waals surface area contributed by atoms with Crippen LogP contribution in [-0.4, -0.2) is 32.4 Å². The molecule has 0 atom stereocenters. The third-order valence-electron chi connectivity index (χ3n) is 0. The second-order valence-electron chi connectivity index (χ2n) is 0. The predicted octanol–water partition coefficient (Wildman–Crippen LogP) is -1.66. The molecule has 0 unspecified atom stereocenters. The zero-order valence-corrected chi connectivity index (χ0v) is 7.53. The average Bonchev–Trinajstić information content (AvgIpc) is 1.81. The first-order valence-corrected chi connectivity index (χ1v) is 2.57. The number of rotatable bonds is 0. The normalized spacial score (nSPS) is 1.50. The Labute approximate surface area is 63.5 Å². The van der Waals surface area contributed by atoms with E-state index in [1.807, 2.05) is 0 Å².